The van der Waals surface area contributed by atoms with Crippen LogP contribution in [0.3, 0.4) is 0 Å². The second kappa shape index (κ2) is 6.22. The van der Waals surface area contributed by atoms with Gasteiger partial charge >= 0.3 is 0 Å². The largest absolute Gasteiger partial charge is 0.368 e. The second-order valence-corrected chi connectivity index (χ2v) is 5.93. The molecule has 2 rings (SSSR count). The minimum absolute atomic E-state index is 0.171. The molecule has 100 valence electrons. The van der Waals surface area contributed by atoms with Crippen LogP contribution in [0.2, 0.25) is 0 Å². The van der Waals surface area contributed by atoms with Gasteiger partial charge in [0.15, 0.2) is 5.16 Å². The van der Waals surface area contributed by atoms with Gasteiger partial charge in [0.1, 0.15) is 12.4 Å². The van der Waals surface area contributed by atoms with E-state index in [0.29, 0.717) is 0 Å². The normalized spacial score (nSPS) is 16.3. The van der Waals surface area contributed by atoms with Crippen LogP contribution in [0, 0.1) is 12.8 Å². The summed E-state index contributed by atoms with van der Waals surface area (Å²) in [7, 11) is 0. The third kappa shape index (κ3) is 3.48. The SMILES string of the molecule is Cc1nnc(SCCC2CCCC2)n1CC(N)=O. The molecule has 0 spiro atoms. The van der Waals surface area contributed by atoms with E-state index in [1.807, 2.05) is 6.92 Å². The van der Waals surface area contributed by atoms with Crippen molar-refractivity contribution in [3.63, 3.8) is 0 Å². The zero-order valence-electron chi connectivity index (χ0n) is 10.8. The van der Waals surface area contributed by atoms with Crippen LogP contribution in [-0.4, -0.2) is 26.4 Å². The third-order valence-electron chi connectivity index (χ3n) is 3.45. The van der Waals surface area contributed by atoms with Crippen LogP contribution in [0.4, 0.5) is 0 Å². The number of primary amides is 1. The Morgan fingerprint density at radius 1 is 1.44 bits per heavy atom. The summed E-state index contributed by atoms with van der Waals surface area (Å²) in [6, 6.07) is 0. The predicted molar refractivity (Wildman–Crippen MR) is 71.3 cm³/mol. The summed E-state index contributed by atoms with van der Waals surface area (Å²) in [4.78, 5) is 11.0. The molecular formula is C12H20N4OS. The van der Waals surface area contributed by atoms with Gasteiger partial charge in [-0.3, -0.25) is 9.36 Å². The van der Waals surface area contributed by atoms with Gasteiger partial charge in [-0.1, -0.05) is 37.4 Å². The molecule has 0 bridgehead atoms. The highest BCUT2D eigenvalue weighted by molar-refractivity contribution is 7.99. The molecule has 6 heteroatoms. The molecule has 1 aliphatic carbocycles. The van der Waals surface area contributed by atoms with Gasteiger partial charge in [-0.2, -0.15) is 0 Å². The molecule has 0 aromatic carbocycles. The Morgan fingerprint density at radius 3 is 2.83 bits per heavy atom. The van der Waals surface area contributed by atoms with Crippen molar-refractivity contribution < 1.29 is 4.79 Å². The monoisotopic (exact) mass is 268 g/mol. The Labute approximate surface area is 112 Å². The van der Waals surface area contributed by atoms with Crippen LogP contribution in [0.15, 0.2) is 5.16 Å². The van der Waals surface area contributed by atoms with Gasteiger partial charge in [0.05, 0.1) is 0 Å². The Hall–Kier alpha value is -1.04. The lowest BCUT2D eigenvalue weighted by atomic mass is 10.1. The van der Waals surface area contributed by atoms with Crippen molar-refractivity contribution in [2.45, 2.75) is 50.7 Å². The molecule has 18 heavy (non-hydrogen) atoms. The van der Waals surface area contributed by atoms with Gasteiger partial charge in [-0.25, -0.2) is 0 Å². The van der Waals surface area contributed by atoms with Crippen molar-refractivity contribution in [3.8, 4) is 0 Å². The molecule has 0 radical (unpaired) electrons. The summed E-state index contributed by atoms with van der Waals surface area (Å²) in [6.45, 7) is 2.02. The maximum Gasteiger partial charge on any atom is 0.237 e. The van der Waals surface area contributed by atoms with E-state index in [2.05, 4.69) is 10.2 Å². The number of nitrogens with zero attached hydrogens (tertiary/aromatic N) is 3. The van der Waals surface area contributed by atoms with E-state index in [-0.39, 0.29) is 12.5 Å². The molecule has 2 N–H and O–H groups in total. The zero-order chi connectivity index (χ0) is 13.0. The van der Waals surface area contributed by atoms with Crippen LogP contribution in [0.5, 0.6) is 0 Å². The molecule has 1 fully saturated rings. The van der Waals surface area contributed by atoms with E-state index in [0.717, 1.165) is 22.7 Å². The summed E-state index contributed by atoms with van der Waals surface area (Å²) in [5.74, 6) is 2.32. The number of rotatable bonds is 6. The highest BCUT2D eigenvalue weighted by Gasteiger charge is 2.16. The average Bonchev–Trinajstić information content (AvgIpc) is 2.93. The molecule has 1 amide bonds. The number of amides is 1. The van der Waals surface area contributed by atoms with Crippen LogP contribution >= 0.6 is 11.8 Å². The molecule has 0 unspecified atom stereocenters. The van der Waals surface area contributed by atoms with E-state index in [4.69, 9.17) is 5.73 Å². The van der Waals surface area contributed by atoms with E-state index < -0.39 is 0 Å². The van der Waals surface area contributed by atoms with E-state index in [1.54, 1.807) is 16.3 Å². The predicted octanol–water partition coefficient (Wildman–Crippen LogP) is 1.74. The lowest BCUT2D eigenvalue weighted by Gasteiger charge is -2.08. The number of carbonyl (C=O) groups excluding carboxylic acids is 1. The first-order valence-corrected chi connectivity index (χ1v) is 7.46. The molecule has 1 aromatic heterocycles. The molecule has 1 aromatic rings. The molecular weight excluding hydrogens is 248 g/mol. The molecule has 1 aliphatic rings. The number of carbonyl (C=O) groups is 1. The summed E-state index contributed by atoms with van der Waals surface area (Å²) in [5, 5.41) is 8.92. The number of nitrogens with two attached hydrogens (primary N) is 1. The van der Waals surface area contributed by atoms with E-state index in [1.165, 1.54) is 32.1 Å². The van der Waals surface area contributed by atoms with Crippen molar-refractivity contribution >= 4 is 17.7 Å². The van der Waals surface area contributed by atoms with E-state index in [9.17, 15) is 4.79 Å². The lowest BCUT2D eigenvalue weighted by Crippen LogP contribution is -2.20. The molecule has 0 saturated heterocycles. The van der Waals surface area contributed by atoms with Gasteiger partial charge in [0, 0.05) is 5.75 Å². The number of thioether (sulfide) groups is 1. The quantitative estimate of drug-likeness (QED) is 0.798. The number of aromatic nitrogens is 3. The highest BCUT2D eigenvalue weighted by atomic mass is 32.2. The Bertz CT molecular complexity index is 412. The minimum Gasteiger partial charge on any atom is -0.368 e. The Balaban J connectivity index is 1.86. The zero-order valence-corrected chi connectivity index (χ0v) is 11.6. The van der Waals surface area contributed by atoms with Gasteiger partial charge < -0.3 is 5.73 Å². The maximum absolute atomic E-state index is 11.0. The number of hydrogen-bond donors (Lipinski definition) is 1. The maximum atomic E-state index is 11.0. The van der Waals surface area contributed by atoms with Crippen LogP contribution in [0.1, 0.15) is 37.9 Å². The second-order valence-electron chi connectivity index (χ2n) is 4.87. The highest BCUT2D eigenvalue weighted by Crippen LogP contribution is 2.29. The molecule has 1 heterocycles. The van der Waals surface area contributed by atoms with Crippen molar-refractivity contribution in [2.75, 3.05) is 5.75 Å². The molecule has 1 saturated carbocycles. The number of aryl methyl sites for hydroxylation is 1. The summed E-state index contributed by atoms with van der Waals surface area (Å²) >= 11 is 1.68. The van der Waals surface area contributed by atoms with Crippen LogP contribution < -0.4 is 5.73 Å². The first kappa shape index (κ1) is 13.4. The smallest absolute Gasteiger partial charge is 0.237 e. The van der Waals surface area contributed by atoms with Crippen molar-refractivity contribution in [3.05, 3.63) is 5.82 Å². The Morgan fingerprint density at radius 2 is 2.17 bits per heavy atom. The van der Waals surface area contributed by atoms with E-state index >= 15 is 0 Å². The molecule has 0 atom stereocenters. The molecule has 0 aliphatic heterocycles. The standard InChI is InChI=1S/C12H20N4OS/c1-9-14-15-12(16(9)8-11(13)17)18-7-6-10-4-2-3-5-10/h10H,2-8H2,1H3,(H2,13,17). The van der Waals surface area contributed by atoms with Gasteiger partial charge in [-0.15, -0.1) is 10.2 Å². The molecule has 5 nitrogen and oxygen atoms in total. The lowest BCUT2D eigenvalue weighted by molar-refractivity contribution is -0.118. The minimum atomic E-state index is -0.351. The number of hydrogen-bond acceptors (Lipinski definition) is 4. The third-order valence-corrected chi connectivity index (χ3v) is 4.45. The summed E-state index contributed by atoms with van der Waals surface area (Å²) in [6.07, 6.45) is 6.73. The van der Waals surface area contributed by atoms with Gasteiger partial charge in [0.2, 0.25) is 5.91 Å². The first-order chi connectivity index (χ1) is 8.66. The van der Waals surface area contributed by atoms with Gasteiger partial charge in [-0.05, 0) is 19.3 Å². The topological polar surface area (TPSA) is 73.8 Å². The van der Waals surface area contributed by atoms with Crippen molar-refractivity contribution in [2.24, 2.45) is 11.7 Å². The Kier molecular flexibility index (Phi) is 4.63. The summed E-state index contributed by atoms with van der Waals surface area (Å²) < 4.78 is 1.79. The fourth-order valence-corrected chi connectivity index (χ4v) is 3.51. The fourth-order valence-electron chi connectivity index (χ4n) is 2.42. The summed E-state index contributed by atoms with van der Waals surface area (Å²) in [5.41, 5.74) is 5.23. The van der Waals surface area contributed by atoms with Crippen LogP contribution in [-0.2, 0) is 11.3 Å². The van der Waals surface area contributed by atoms with Gasteiger partial charge in [0.25, 0.3) is 0 Å². The van der Waals surface area contributed by atoms with Crippen LogP contribution in [0.25, 0.3) is 0 Å². The fraction of sp³-hybridized carbons (Fsp3) is 0.750. The average molecular weight is 268 g/mol. The van der Waals surface area contributed by atoms with Crippen molar-refractivity contribution in [1.82, 2.24) is 14.8 Å². The first-order valence-electron chi connectivity index (χ1n) is 6.47. The van der Waals surface area contributed by atoms with Crippen molar-refractivity contribution in [1.29, 1.82) is 0 Å².